The van der Waals surface area contributed by atoms with Gasteiger partial charge in [-0.1, -0.05) is 48.0 Å². The second kappa shape index (κ2) is 9.20. The number of nitrogens with zero attached hydrogens (tertiary/aromatic N) is 1. The van der Waals surface area contributed by atoms with Crippen molar-refractivity contribution in [2.45, 2.75) is 36.2 Å². The van der Waals surface area contributed by atoms with E-state index in [2.05, 4.69) is 9.71 Å². The Kier molecular flexibility index (Phi) is 6.14. The Hall–Kier alpha value is -2.33. The first-order valence-electron chi connectivity index (χ1n) is 11.9. The minimum atomic E-state index is -3.47. The number of ether oxygens (including phenoxy) is 1. The van der Waals surface area contributed by atoms with E-state index in [0.717, 1.165) is 37.3 Å². The molecule has 0 spiro atoms. The molecule has 1 aliphatic carbocycles. The number of aliphatic hydroxyl groups is 1. The first-order chi connectivity index (χ1) is 17.3. The summed E-state index contributed by atoms with van der Waals surface area (Å²) in [6.07, 6.45) is 3.62. The fourth-order valence-corrected chi connectivity index (χ4v) is 7.80. The van der Waals surface area contributed by atoms with E-state index in [4.69, 9.17) is 16.3 Å². The lowest BCUT2D eigenvalue weighted by Crippen LogP contribution is -2.31. The molecule has 0 radical (unpaired) electrons. The van der Waals surface area contributed by atoms with Crippen molar-refractivity contribution >= 4 is 43.0 Å². The van der Waals surface area contributed by atoms with Crippen LogP contribution in [0, 0.1) is 0 Å². The molecular formula is C27H25ClN2O4S2. The molecule has 1 aliphatic heterocycles. The molecular weight excluding hydrogens is 516 g/mol. The molecule has 2 N–H and O–H groups in total. The van der Waals surface area contributed by atoms with Crippen molar-refractivity contribution in [3.63, 3.8) is 0 Å². The van der Waals surface area contributed by atoms with Crippen LogP contribution in [0.2, 0.25) is 5.02 Å². The van der Waals surface area contributed by atoms with Gasteiger partial charge in [-0.15, -0.1) is 11.3 Å². The predicted octanol–water partition coefficient (Wildman–Crippen LogP) is 5.40. The highest BCUT2D eigenvalue weighted by Crippen LogP contribution is 2.41. The third-order valence-corrected chi connectivity index (χ3v) is 10.4. The number of benzene rings is 2. The molecule has 1 saturated heterocycles. The van der Waals surface area contributed by atoms with E-state index in [0.29, 0.717) is 30.9 Å². The molecule has 186 valence electrons. The summed E-state index contributed by atoms with van der Waals surface area (Å²) in [6.45, 7) is 0.794. The number of halogens is 1. The van der Waals surface area contributed by atoms with E-state index in [1.54, 1.807) is 12.3 Å². The molecule has 2 fully saturated rings. The monoisotopic (exact) mass is 540 g/mol. The Morgan fingerprint density at radius 2 is 1.97 bits per heavy atom. The van der Waals surface area contributed by atoms with Gasteiger partial charge in [0.05, 0.1) is 23.6 Å². The quantitative estimate of drug-likeness (QED) is 0.328. The molecule has 36 heavy (non-hydrogen) atoms. The van der Waals surface area contributed by atoms with Crippen LogP contribution in [0.3, 0.4) is 0 Å². The smallest absolute Gasteiger partial charge is 0.215 e. The van der Waals surface area contributed by atoms with Gasteiger partial charge in [-0.25, -0.2) is 13.1 Å². The van der Waals surface area contributed by atoms with Crippen LogP contribution in [-0.2, 0) is 20.4 Å². The lowest BCUT2D eigenvalue weighted by atomic mass is 9.92. The Morgan fingerprint density at radius 1 is 1.14 bits per heavy atom. The van der Waals surface area contributed by atoms with Gasteiger partial charge in [0.15, 0.2) is 0 Å². The van der Waals surface area contributed by atoms with Crippen molar-refractivity contribution in [3.8, 4) is 11.3 Å². The zero-order chi connectivity index (χ0) is 24.9. The SMILES string of the molecule is O=S(=O)(NC(c1cc2cccc(-c3cc([C@@]4(O)CCOC4)ccn3)c2s1)c1ccccc1Cl)C1CC1. The molecule has 6 rings (SSSR count). The summed E-state index contributed by atoms with van der Waals surface area (Å²) in [4.78, 5) is 5.46. The largest absolute Gasteiger partial charge is 0.383 e. The number of aromatic nitrogens is 1. The van der Waals surface area contributed by atoms with Crippen LogP contribution in [0.4, 0.5) is 0 Å². The Balaban J connectivity index is 1.45. The number of pyridine rings is 1. The minimum Gasteiger partial charge on any atom is -0.383 e. The standard InChI is InChI=1S/C27H25ClN2O4S2/c28-22-7-2-1-5-20(22)25(30-36(32,33)19-8-9-19)24-14-17-4-3-6-21(26(17)35-24)23-15-18(10-12-29-23)27(31)11-13-34-16-27/h1-7,10,12,14-15,19,25,30-31H,8-9,11,13,16H2/t25?,27-/m1/s1. The molecule has 3 heterocycles. The van der Waals surface area contributed by atoms with Gasteiger partial charge in [0.25, 0.3) is 0 Å². The first-order valence-corrected chi connectivity index (χ1v) is 14.6. The molecule has 2 atom stereocenters. The molecule has 0 bridgehead atoms. The first kappa shape index (κ1) is 24.0. The van der Waals surface area contributed by atoms with Crippen LogP contribution >= 0.6 is 22.9 Å². The van der Waals surface area contributed by atoms with Crippen LogP contribution in [0.15, 0.2) is 66.9 Å². The van der Waals surface area contributed by atoms with Gasteiger partial charge in [-0.3, -0.25) is 4.98 Å². The fourth-order valence-electron chi connectivity index (χ4n) is 4.70. The molecule has 2 aromatic carbocycles. The summed E-state index contributed by atoms with van der Waals surface area (Å²) in [6, 6.07) is 18.5. The highest BCUT2D eigenvalue weighted by Gasteiger charge is 2.38. The Bertz CT molecular complexity index is 1540. The van der Waals surface area contributed by atoms with E-state index < -0.39 is 21.7 Å². The topological polar surface area (TPSA) is 88.5 Å². The molecule has 2 aliphatic rings. The molecule has 1 saturated carbocycles. The second-order valence-electron chi connectivity index (χ2n) is 9.45. The van der Waals surface area contributed by atoms with Gasteiger partial charge < -0.3 is 9.84 Å². The van der Waals surface area contributed by atoms with Crippen molar-refractivity contribution < 1.29 is 18.3 Å². The van der Waals surface area contributed by atoms with E-state index in [1.807, 2.05) is 54.6 Å². The summed E-state index contributed by atoms with van der Waals surface area (Å²) in [5.41, 5.74) is 2.17. The average molecular weight is 541 g/mol. The third kappa shape index (κ3) is 4.47. The second-order valence-corrected chi connectivity index (χ2v) is 12.9. The zero-order valence-corrected chi connectivity index (χ0v) is 21.7. The van der Waals surface area contributed by atoms with Gasteiger partial charge in [0.2, 0.25) is 10.0 Å². The minimum absolute atomic E-state index is 0.268. The van der Waals surface area contributed by atoms with Gasteiger partial charge in [0, 0.05) is 39.4 Å². The number of hydrogen-bond donors (Lipinski definition) is 2. The number of hydrogen-bond acceptors (Lipinski definition) is 6. The summed E-state index contributed by atoms with van der Waals surface area (Å²) >= 11 is 8.07. The van der Waals surface area contributed by atoms with E-state index in [-0.39, 0.29) is 11.9 Å². The molecule has 6 nitrogen and oxygen atoms in total. The maximum atomic E-state index is 13.0. The van der Waals surface area contributed by atoms with Gasteiger partial charge >= 0.3 is 0 Å². The summed E-state index contributed by atoms with van der Waals surface area (Å²) in [5, 5.41) is 12.2. The highest BCUT2D eigenvalue weighted by molar-refractivity contribution is 7.90. The number of fused-ring (bicyclic) bond motifs is 1. The number of nitrogens with one attached hydrogen (secondary N) is 1. The Labute approximate surface area is 219 Å². The van der Waals surface area contributed by atoms with Gasteiger partial charge in [-0.2, -0.15) is 0 Å². The molecule has 2 aromatic heterocycles. The predicted molar refractivity (Wildman–Crippen MR) is 143 cm³/mol. The van der Waals surface area contributed by atoms with E-state index >= 15 is 0 Å². The van der Waals surface area contributed by atoms with E-state index in [9.17, 15) is 13.5 Å². The van der Waals surface area contributed by atoms with Crippen LogP contribution < -0.4 is 4.72 Å². The molecule has 4 aromatic rings. The van der Waals surface area contributed by atoms with Crippen LogP contribution in [0.5, 0.6) is 0 Å². The normalized spacial score (nSPS) is 21.2. The van der Waals surface area contributed by atoms with Crippen molar-refractivity contribution in [3.05, 3.63) is 87.9 Å². The lowest BCUT2D eigenvalue weighted by molar-refractivity contribution is 0.0232. The van der Waals surface area contributed by atoms with Crippen LogP contribution in [-0.4, -0.2) is 37.0 Å². The maximum absolute atomic E-state index is 13.0. The highest BCUT2D eigenvalue weighted by atomic mass is 35.5. The lowest BCUT2D eigenvalue weighted by Gasteiger charge is -2.21. The number of rotatable bonds is 7. The van der Waals surface area contributed by atoms with Gasteiger partial charge in [-0.05, 0) is 53.6 Å². The zero-order valence-electron chi connectivity index (χ0n) is 19.4. The van der Waals surface area contributed by atoms with Crippen molar-refractivity contribution in [2.24, 2.45) is 0 Å². The fraction of sp³-hybridized carbons (Fsp3) is 0.296. The van der Waals surface area contributed by atoms with Crippen LogP contribution in [0.25, 0.3) is 21.3 Å². The van der Waals surface area contributed by atoms with Gasteiger partial charge in [0.1, 0.15) is 5.60 Å². The summed E-state index contributed by atoms with van der Waals surface area (Å²) in [5.74, 6) is 0. The number of thiophene rings is 1. The average Bonchev–Trinajstić information content (AvgIpc) is 3.52. The van der Waals surface area contributed by atoms with E-state index in [1.165, 1.54) is 11.3 Å². The summed E-state index contributed by atoms with van der Waals surface area (Å²) in [7, 11) is -3.47. The van der Waals surface area contributed by atoms with Crippen molar-refractivity contribution in [2.75, 3.05) is 13.2 Å². The maximum Gasteiger partial charge on any atom is 0.215 e. The Morgan fingerprint density at radius 3 is 2.72 bits per heavy atom. The number of sulfonamides is 1. The molecule has 0 amide bonds. The molecule has 9 heteroatoms. The summed E-state index contributed by atoms with van der Waals surface area (Å²) < 4.78 is 35.3. The third-order valence-electron chi connectivity index (χ3n) is 6.88. The van der Waals surface area contributed by atoms with Crippen molar-refractivity contribution in [1.82, 2.24) is 9.71 Å². The molecule has 1 unspecified atom stereocenters. The van der Waals surface area contributed by atoms with Crippen LogP contribution in [0.1, 0.15) is 41.3 Å². The van der Waals surface area contributed by atoms with Crippen molar-refractivity contribution in [1.29, 1.82) is 0 Å².